The van der Waals surface area contributed by atoms with Crippen molar-refractivity contribution in [2.75, 3.05) is 57.8 Å². The van der Waals surface area contributed by atoms with Crippen LogP contribution in [0.25, 0.3) is 0 Å². The molecule has 2 aromatic rings. The molecular formula is C21H30N6OS. The molecule has 0 aromatic carbocycles. The van der Waals surface area contributed by atoms with E-state index < -0.39 is 0 Å². The van der Waals surface area contributed by atoms with Crippen LogP contribution in [0.3, 0.4) is 0 Å². The van der Waals surface area contributed by atoms with Crippen molar-refractivity contribution in [3.8, 4) is 0 Å². The Kier molecular flexibility index (Phi) is 5.06. The van der Waals surface area contributed by atoms with Gasteiger partial charge in [0.1, 0.15) is 0 Å². The number of hydrogen-bond acceptors (Lipinski definition) is 8. The molecule has 156 valence electrons. The summed E-state index contributed by atoms with van der Waals surface area (Å²) in [5, 5.41) is 1.15. The van der Waals surface area contributed by atoms with Crippen molar-refractivity contribution < 1.29 is 4.74 Å². The van der Waals surface area contributed by atoms with E-state index in [0.717, 1.165) is 69.8 Å². The number of rotatable bonds is 3. The van der Waals surface area contributed by atoms with Crippen LogP contribution in [0.15, 0.2) is 6.20 Å². The smallest absolute Gasteiger partial charge is 0.225 e. The van der Waals surface area contributed by atoms with Crippen LogP contribution in [0.2, 0.25) is 0 Å². The first-order valence-corrected chi connectivity index (χ1v) is 11.4. The highest BCUT2D eigenvalue weighted by Gasteiger charge is 2.45. The van der Waals surface area contributed by atoms with Crippen LogP contribution in [-0.4, -0.2) is 77.7 Å². The molecule has 0 amide bonds. The molecule has 0 aliphatic carbocycles. The molecule has 2 fully saturated rings. The van der Waals surface area contributed by atoms with Crippen molar-refractivity contribution in [3.05, 3.63) is 33.0 Å². The summed E-state index contributed by atoms with van der Waals surface area (Å²) in [5.41, 5.74) is 3.56. The SMILES string of the molecule is Cc1nc(C)c(CN2CCC3(COCc4cnc(N5CCN(C)CC5)nc43)C2)s1. The fourth-order valence-corrected chi connectivity index (χ4v) is 5.85. The number of hydrogen-bond donors (Lipinski definition) is 0. The Morgan fingerprint density at radius 3 is 2.72 bits per heavy atom. The second-order valence-corrected chi connectivity index (χ2v) is 10.1. The maximum Gasteiger partial charge on any atom is 0.225 e. The largest absolute Gasteiger partial charge is 0.376 e. The zero-order valence-corrected chi connectivity index (χ0v) is 18.5. The summed E-state index contributed by atoms with van der Waals surface area (Å²) in [6, 6.07) is 0. The highest BCUT2D eigenvalue weighted by atomic mass is 32.1. The van der Waals surface area contributed by atoms with E-state index in [0.29, 0.717) is 6.61 Å². The molecule has 0 saturated carbocycles. The quantitative estimate of drug-likeness (QED) is 0.761. The molecule has 0 radical (unpaired) electrons. The maximum atomic E-state index is 6.02. The Morgan fingerprint density at radius 2 is 1.97 bits per heavy atom. The second kappa shape index (κ2) is 7.58. The third kappa shape index (κ3) is 3.67. The van der Waals surface area contributed by atoms with Crippen LogP contribution in [0.4, 0.5) is 5.95 Å². The normalized spacial score (nSPS) is 25.7. The Labute approximate surface area is 176 Å². The fraction of sp³-hybridized carbons (Fsp3) is 0.667. The monoisotopic (exact) mass is 414 g/mol. The lowest BCUT2D eigenvalue weighted by atomic mass is 9.80. The Morgan fingerprint density at radius 1 is 1.14 bits per heavy atom. The van der Waals surface area contributed by atoms with Crippen molar-refractivity contribution in [1.29, 1.82) is 0 Å². The summed E-state index contributed by atoms with van der Waals surface area (Å²) < 4.78 is 6.02. The summed E-state index contributed by atoms with van der Waals surface area (Å²) in [7, 11) is 2.18. The van der Waals surface area contributed by atoms with Crippen molar-refractivity contribution in [2.45, 2.75) is 38.8 Å². The highest BCUT2D eigenvalue weighted by molar-refractivity contribution is 7.11. The number of aryl methyl sites for hydroxylation is 2. The summed E-state index contributed by atoms with van der Waals surface area (Å²) in [5.74, 6) is 0.894. The Hall–Kier alpha value is -1.61. The number of anilines is 1. The lowest BCUT2D eigenvalue weighted by molar-refractivity contribution is 0.0503. The molecule has 29 heavy (non-hydrogen) atoms. The first-order valence-electron chi connectivity index (χ1n) is 10.6. The van der Waals surface area contributed by atoms with Gasteiger partial charge in [0.15, 0.2) is 0 Å². The van der Waals surface area contributed by atoms with E-state index in [-0.39, 0.29) is 5.41 Å². The van der Waals surface area contributed by atoms with Gasteiger partial charge in [-0.15, -0.1) is 11.3 Å². The number of thiazole rings is 1. The van der Waals surface area contributed by atoms with Crippen LogP contribution in [0, 0.1) is 13.8 Å². The van der Waals surface area contributed by atoms with Crippen molar-refractivity contribution in [3.63, 3.8) is 0 Å². The van der Waals surface area contributed by atoms with Gasteiger partial charge in [-0.25, -0.2) is 15.0 Å². The van der Waals surface area contributed by atoms with E-state index in [4.69, 9.17) is 14.7 Å². The number of likely N-dealkylation sites (tertiary alicyclic amines) is 1. The van der Waals surface area contributed by atoms with Gasteiger partial charge in [-0.3, -0.25) is 4.90 Å². The molecule has 0 bridgehead atoms. The fourth-order valence-electron chi connectivity index (χ4n) is 4.87. The van der Waals surface area contributed by atoms with E-state index in [1.807, 2.05) is 17.5 Å². The predicted octanol–water partition coefficient (Wildman–Crippen LogP) is 1.98. The van der Waals surface area contributed by atoms with Gasteiger partial charge < -0.3 is 14.5 Å². The van der Waals surface area contributed by atoms with Gasteiger partial charge >= 0.3 is 0 Å². The first-order chi connectivity index (χ1) is 14.0. The van der Waals surface area contributed by atoms with Crippen LogP contribution in [0.1, 0.15) is 33.3 Å². The van der Waals surface area contributed by atoms with Gasteiger partial charge in [0.25, 0.3) is 0 Å². The molecule has 5 rings (SSSR count). The summed E-state index contributed by atoms with van der Waals surface area (Å²) in [6.45, 7) is 12.8. The topological polar surface area (TPSA) is 57.6 Å². The van der Waals surface area contributed by atoms with Crippen LogP contribution in [-0.2, 0) is 23.3 Å². The average molecular weight is 415 g/mol. The third-order valence-corrected chi connectivity index (χ3v) is 7.63. The number of likely N-dealkylation sites (N-methyl/N-ethyl adjacent to an activating group) is 1. The number of ether oxygens (including phenoxy) is 1. The maximum absolute atomic E-state index is 6.02. The molecule has 5 heterocycles. The Bertz CT molecular complexity index is 893. The highest BCUT2D eigenvalue weighted by Crippen LogP contribution is 2.40. The zero-order valence-electron chi connectivity index (χ0n) is 17.6. The number of fused-ring (bicyclic) bond motifs is 2. The van der Waals surface area contributed by atoms with E-state index in [1.165, 1.54) is 21.8 Å². The van der Waals surface area contributed by atoms with Gasteiger partial charge in [-0.1, -0.05) is 0 Å². The number of nitrogens with zero attached hydrogens (tertiary/aromatic N) is 6. The Balaban J connectivity index is 1.38. The number of aromatic nitrogens is 3. The molecule has 0 N–H and O–H groups in total. The van der Waals surface area contributed by atoms with Gasteiger partial charge in [-0.2, -0.15) is 0 Å². The summed E-state index contributed by atoms with van der Waals surface area (Å²) >= 11 is 1.82. The molecule has 8 heteroatoms. The molecular weight excluding hydrogens is 384 g/mol. The molecule has 1 unspecified atom stereocenters. The molecule has 7 nitrogen and oxygen atoms in total. The van der Waals surface area contributed by atoms with Gasteiger partial charge in [0.05, 0.1) is 35.0 Å². The molecule has 3 aliphatic heterocycles. The summed E-state index contributed by atoms with van der Waals surface area (Å²) in [4.78, 5) is 23.1. The minimum atomic E-state index is -0.00844. The van der Waals surface area contributed by atoms with Crippen molar-refractivity contribution in [1.82, 2.24) is 24.8 Å². The van der Waals surface area contributed by atoms with E-state index in [9.17, 15) is 0 Å². The second-order valence-electron chi connectivity index (χ2n) is 8.81. The van der Waals surface area contributed by atoms with Gasteiger partial charge in [0, 0.05) is 55.9 Å². The van der Waals surface area contributed by atoms with E-state index in [1.54, 1.807) is 0 Å². The van der Waals surface area contributed by atoms with E-state index in [2.05, 4.69) is 40.6 Å². The minimum absolute atomic E-state index is 0.00844. The average Bonchev–Trinajstić information content (AvgIpc) is 3.25. The third-order valence-electron chi connectivity index (χ3n) is 6.58. The van der Waals surface area contributed by atoms with Crippen molar-refractivity contribution in [2.24, 2.45) is 0 Å². The zero-order chi connectivity index (χ0) is 20.0. The van der Waals surface area contributed by atoms with Crippen LogP contribution in [0.5, 0.6) is 0 Å². The lowest BCUT2D eigenvalue weighted by Gasteiger charge is -2.36. The lowest BCUT2D eigenvalue weighted by Crippen LogP contribution is -2.46. The molecule has 2 aromatic heterocycles. The predicted molar refractivity (Wildman–Crippen MR) is 115 cm³/mol. The summed E-state index contributed by atoms with van der Waals surface area (Å²) in [6.07, 6.45) is 3.10. The molecule has 2 saturated heterocycles. The van der Waals surface area contributed by atoms with Gasteiger partial charge in [-0.05, 0) is 33.9 Å². The van der Waals surface area contributed by atoms with Gasteiger partial charge in [0.2, 0.25) is 5.95 Å². The van der Waals surface area contributed by atoms with Crippen LogP contribution < -0.4 is 4.90 Å². The first kappa shape index (κ1) is 19.4. The molecule has 3 aliphatic rings. The van der Waals surface area contributed by atoms with E-state index >= 15 is 0 Å². The standard InChI is InChI=1S/C21H30N6OS/c1-15-18(29-16(2)23-15)11-26-5-4-21(13-26)14-28-12-17-10-22-20(24-19(17)21)27-8-6-25(3)7-9-27/h10H,4-9,11-14H2,1-3H3. The molecule has 1 spiro atoms. The molecule has 1 atom stereocenters. The van der Waals surface area contributed by atoms with Crippen molar-refractivity contribution >= 4 is 17.3 Å². The van der Waals surface area contributed by atoms with Crippen LogP contribution >= 0.6 is 11.3 Å². The number of piperazine rings is 1. The minimum Gasteiger partial charge on any atom is -0.376 e.